The lowest BCUT2D eigenvalue weighted by Crippen LogP contribution is -2.44. The molecule has 0 radical (unpaired) electrons. The molecule has 1 atom stereocenters. The van der Waals surface area contributed by atoms with Gasteiger partial charge in [0.1, 0.15) is 11.9 Å². The molecule has 1 rings (SSSR count). The van der Waals surface area contributed by atoms with Crippen LogP contribution in [-0.2, 0) is 4.74 Å². The van der Waals surface area contributed by atoms with E-state index in [-0.39, 0.29) is 11.6 Å². The molecule has 0 heterocycles. The lowest BCUT2D eigenvalue weighted by Gasteiger charge is -2.25. The van der Waals surface area contributed by atoms with E-state index in [9.17, 15) is 0 Å². The topological polar surface area (TPSA) is 30.5 Å². The SMILES string of the molecule is COCC(CNC(C)(C)C)Oc1ccc(Cl)c(C)c1. The summed E-state index contributed by atoms with van der Waals surface area (Å²) >= 11 is 6.01. The lowest BCUT2D eigenvalue weighted by molar-refractivity contribution is 0.0764. The van der Waals surface area contributed by atoms with Gasteiger partial charge in [0.25, 0.3) is 0 Å². The zero-order chi connectivity index (χ0) is 14.5. The van der Waals surface area contributed by atoms with Crippen molar-refractivity contribution in [2.75, 3.05) is 20.3 Å². The second kappa shape index (κ2) is 7.13. The molecule has 0 aliphatic carbocycles. The summed E-state index contributed by atoms with van der Waals surface area (Å²) in [5.74, 6) is 0.819. The van der Waals surface area contributed by atoms with Crippen molar-refractivity contribution in [2.24, 2.45) is 0 Å². The van der Waals surface area contributed by atoms with Gasteiger partial charge in [-0.15, -0.1) is 0 Å². The number of benzene rings is 1. The van der Waals surface area contributed by atoms with Crippen LogP contribution in [0.4, 0.5) is 0 Å². The molecular weight excluding hydrogens is 262 g/mol. The fraction of sp³-hybridized carbons (Fsp3) is 0.600. The molecule has 0 saturated carbocycles. The van der Waals surface area contributed by atoms with Crippen molar-refractivity contribution < 1.29 is 9.47 Å². The average Bonchev–Trinajstić information content (AvgIpc) is 2.30. The normalized spacial score (nSPS) is 13.4. The average molecular weight is 286 g/mol. The summed E-state index contributed by atoms with van der Waals surface area (Å²) in [6.07, 6.45) is -0.0233. The summed E-state index contributed by atoms with van der Waals surface area (Å²) in [6.45, 7) is 9.63. The number of hydrogen-bond acceptors (Lipinski definition) is 3. The summed E-state index contributed by atoms with van der Waals surface area (Å²) in [7, 11) is 1.68. The van der Waals surface area contributed by atoms with Crippen LogP contribution in [0.2, 0.25) is 5.02 Å². The molecule has 0 saturated heterocycles. The highest BCUT2D eigenvalue weighted by molar-refractivity contribution is 6.31. The van der Waals surface area contributed by atoms with Crippen LogP contribution in [0.5, 0.6) is 5.75 Å². The zero-order valence-corrected chi connectivity index (χ0v) is 13.2. The Bertz CT molecular complexity index is 402. The molecule has 1 N–H and O–H groups in total. The number of halogens is 1. The minimum Gasteiger partial charge on any atom is -0.487 e. The number of ether oxygens (including phenoxy) is 2. The molecule has 1 unspecified atom stereocenters. The zero-order valence-electron chi connectivity index (χ0n) is 12.4. The van der Waals surface area contributed by atoms with E-state index in [4.69, 9.17) is 21.1 Å². The number of rotatable bonds is 6. The second-order valence-electron chi connectivity index (χ2n) is 5.74. The Kier molecular flexibility index (Phi) is 6.11. The third-order valence-electron chi connectivity index (χ3n) is 2.64. The van der Waals surface area contributed by atoms with E-state index < -0.39 is 0 Å². The van der Waals surface area contributed by atoms with E-state index in [1.165, 1.54) is 0 Å². The Labute approximate surface area is 121 Å². The summed E-state index contributed by atoms with van der Waals surface area (Å²) in [5.41, 5.74) is 1.07. The first-order valence-corrected chi connectivity index (χ1v) is 6.86. The van der Waals surface area contributed by atoms with Crippen LogP contribution >= 0.6 is 11.6 Å². The van der Waals surface area contributed by atoms with E-state index in [0.29, 0.717) is 6.61 Å². The van der Waals surface area contributed by atoms with Gasteiger partial charge in [-0.05, 0) is 51.5 Å². The van der Waals surface area contributed by atoms with Crippen molar-refractivity contribution in [1.82, 2.24) is 5.32 Å². The van der Waals surface area contributed by atoms with Crippen LogP contribution in [-0.4, -0.2) is 31.9 Å². The molecule has 19 heavy (non-hydrogen) atoms. The lowest BCUT2D eigenvalue weighted by atomic mass is 10.1. The highest BCUT2D eigenvalue weighted by Gasteiger charge is 2.15. The number of aryl methyl sites for hydroxylation is 1. The monoisotopic (exact) mass is 285 g/mol. The van der Waals surface area contributed by atoms with E-state index in [2.05, 4.69) is 26.1 Å². The maximum absolute atomic E-state index is 6.01. The Morgan fingerprint density at radius 1 is 1.32 bits per heavy atom. The number of nitrogens with one attached hydrogen (secondary N) is 1. The van der Waals surface area contributed by atoms with E-state index >= 15 is 0 Å². The molecule has 1 aromatic carbocycles. The predicted octanol–water partition coefficient (Wildman–Crippen LogP) is 3.43. The first kappa shape index (κ1) is 16.3. The van der Waals surface area contributed by atoms with Crippen LogP contribution in [0.1, 0.15) is 26.3 Å². The first-order valence-electron chi connectivity index (χ1n) is 6.48. The van der Waals surface area contributed by atoms with Gasteiger partial charge in [0.2, 0.25) is 0 Å². The van der Waals surface area contributed by atoms with Gasteiger partial charge in [0, 0.05) is 24.2 Å². The predicted molar refractivity (Wildman–Crippen MR) is 80.2 cm³/mol. The fourth-order valence-electron chi connectivity index (χ4n) is 1.62. The minimum atomic E-state index is -0.0233. The maximum Gasteiger partial charge on any atom is 0.134 e. The first-order chi connectivity index (χ1) is 8.81. The van der Waals surface area contributed by atoms with Crippen molar-refractivity contribution in [1.29, 1.82) is 0 Å². The van der Waals surface area contributed by atoms with Gasteiger partial charge < -0.3 is 14.8 Å². The number of hydrogen-bond donors (Lipinski definition) is 1. The molecule has 0 spiro atoms. The van der Waals surface area contributed by atoms with Gasteiger partial charge in [0.05, 0.1) is 6.61 Å². The Morgan fingerprint density at radius 3 is 2.53 bits per heavy atom. The smallest absolute Gasteiger partial charge is 0.134 e. The Hall–Kier alpha value is -0.770. The Balaban J connectivity index is 2.64. The molecule has 0 amide bonds. The van der Waals surface area contributed by atoms with E-state index in [0.717, 1.165) is 22.9 Å². The molecule has 0 aliphatic heterocycles. The van der Waals surface area contributed by atoms with Crippen LogP contribution in [0.15, 0.2) is 18.2 Å². The van der Waals surface area contributed by atoms with Crippen LogP contribution in [0.3, 0.4) is 0 Å². The molecule has 0 bridgehead atoms. The minimum absolute atomic E-state index is 0.0233. The summed E-state index contributed by atoms with van der Waals surface area (Å²) < 4.78 is 11.1. The third-order valence-corrected chi connectivity index (χ3v) is 3.07. The van der Waals surface area contributed by atoms with Gasteiger partial charge >= 0.3 is 0 Å². The largest absolute Gasteiger partial charge is 0.487 e. The Morgan fingerprint density at radius 2 is 2.00 bits per heavy atom. The highest BCUT2D eigenvalue weighted by Crippen LogP contribution is 2.22. The highest BCUT2D eigenvalue weighted by atomic mass is 35.5. The summed E-state index contributed by atoms with van der Waals surface area (Å²) in [6, 6.07) is 5.68. The van der Waals surface area contributed by atoms with E-state index in [1.807, 2.05) is 25.1 Å². The van der Waals surface area contributed by atoms with Crippen LogP contribution < -0.4 is 10.1 Å². The molecular formula is C15H24ClNO2. The maximum atomic E-state index is 6.01. The molecule has 3 nitrogen and oxygen atoms in total. The molecule has 0 fully saturated rings. The van der Waals surface area contributed by atoms with Crippen molar-refractivity contribution in [3.63, 3.8) is 0 Å². The third kappa shape index (κ3) is 6.28. The van der Waals surface area contributed by atoms with Gasteiger partial charge in [0.15, 0.2) is 0 Å². The van der Waals surface area contributed by atoms with Crippen molar-refractivity contribution >= 4 is 11.6 Å². The van der Waals surface area contributed by atoms with Gasteiger partial charge in [-0.3, -0.25) is 0 Å². The standard InChI is InChI=1S/C15H24ClNO2/c1-11-8-12(6-7-14(11)16)19-13(10-18-5)9-17-15(2,3)4/h6-8,13,17H,9-10H2,1-5H3. The summed E-state index contributed by atoms with van der Waals surface area (Å²) in [5, 5.41) is 4.18. The molecule has 1 aromatic rings. The van der Waals surface area contributed by atoms with Crippen molar-refractivity contribution in [2.45, 2.75) is 39.3 Å². The van der Waals surface area contributed by atoms with E-state index in [1.54, 1.807) is 7.11 Å². The number of methoxy groups -OCH3 is 1. The van der Waals surface area contributed by atoms with Crippen LogP contribution in [0, 0.1) is 6.92 Å². The van der Waals surface area contributed by atoms with Gasteiger partial charge in [-0.2, -0.15) is 0 Å². The molecule has 0 aliphatic rings. The quantitative estimate of drug-likeness (QED) is 0.869. The van der Waals surface area contributed by atoms with Gasteiger partial charge in [-0.1, -0.05) is 11.6 Å². The molecule has 4 heteroatoms. The van der Waals surface area contributed by atoms with Gasteiger partial charge in [-0.25, -0.2) is 0 Å². The molecule has 0 aromatic heterocycles. The van der Waals surface area contributed by atoms with Crippen molar-refractivity contribution in [3.8, 4) is 5.75 Å². The summed E-state index contributed by atoms with van der Waals surface area (Å²) in [4.78, 5) is 0. The molecule has 108 valence electrons. The van der Waals surface area contributed by atoms with Crippen molar-refractivity contribution in [3.05, 3.63) is 28.8 Å². The fourth-order valence-corrected chi connectivity index (χ4v) is 1.74. The second-order valence-corrected chi connectivity index (χ2v) is 6.14. The van der Waals surface area contributed by atoms with Crippen LogP contribution in [0.25, 0.3) is 0 Å².